The lowest BCUT2D eigenvalue weighted by Gasteiger charge is -2.08. The number of aromatic nitrogens is 2. The zero-order chi connectivity index (χ0) is 19.4. The normalized spacial score (nSPS) is 11.9. The van der Waals surface area contributed by atoms with Crippen LogP contribution in [0.2, 0.25) is 0 Å². The van der Waals surface area contributed by atoms with Gasteiger partial charge in [0.25, 0.3) is 5.91 Å². The molecule has 3 aromatic rings. The van der Waals surface area contributed by atoms with Gasteiger partial charge in [-0.25, -0.2) is 5.43 Å². The molecule has 0 saturated carbocycles. The first-order valence-electron chi connectivity index (χ1n) is 7.87. The van der Waals surface area contributed by atoms with Gasteiger partial charge in [0.1, 0.15) is 12.3 Å². The molecule has 0 bridgehead atoms. The Morgan fingerprint density at radius 3 is 2.74 bits per heavy atom. The lowest BCUT2D eigenvalue weighted by Crippen LogP contribution is -2.23. The second-order valence-corrected chi connectivity index (χ2v) is 5.59. The van der Waals surface area contributed by atoms with E-state index < -0.39 is 17.8 Å². The topological polar surface area (TPSA) is 68.5 Å². The summed E-state index contributed by atoms with van der Waals surface area (Å²) in [5.74, 6) is -0.0316. The molecule has 9 heteroatoms. The highest BCUT2D eigenvalue weighted by molar-refractivity contribution is 6.02. The molecule has 0 spiro atoms. The SMILES string of the molecule is COc1ccc2ccccc2c1C=NNC(=O)Cn1ccc(C(F)(F)F)n1. The summed E-state index contributed by atoms with van der Waals surface area (Å²) in [6, 6.07) is 12.1. The summed E-state index contributed by atoms with van der Waals surface area (Å²) >= 11 is 0. The van der Waals surface area contributed by atoms with E-state index in [0.717, 1.165) is 27.7 Å². The van der Waals surface area contributed by atoms with Crippen molar-refractivity contribution in [2.45, 2.75) is 12.7 Å². The molecule has 0 unspecified atom stereocenters. The van der Waals surface area contributed by atoms with Crippen LogP contribution in [-0.4, -0.2) is 29.0 Å². The molecule has 0 atom stereocenters. The van der Waals surface area contributed by atoms with Crippen molar-refractivity contribution >= 4 is 22.9 Å². The third kappa shape index (κ3) is 4.25. The number of nitrogens with one attached hydrogen (secondary N) is 1. The van der Waals surface area contributed by atoms with Gasteiger partial charge in [-0.3, -0.25) is 9.48 Å². The zero-order valence-corrected chi connectivity index (χ0v) is 14.2. The maximum absolute atomic E-state index is 12.5. The number of nitrogens with zero attached hydrogens (tertiary/aromatic N) is 3. The number of hydrazone groups is 1. The van der Waals surface area contributed by atoms with Crippen LogP contribution in [0.15, 0.2) is 53.8 Å². The second kappa shape index (κ2) is 7.48. The van der Waals surface area contributed by atoms with Crippen molar-refractivity contribution in [3.63, 3.8) is 0 Å². The number of fused-ring (bicyclic) bond motifs is 1. The predicted molar refractivity (Wildman–Crippen MR) is 93.5 cm³/mol. The predicted octanol–water partition coefficient (Wildman–Crippen LogP) is 3.21. The summed E-state index contributed by atoms with van der Waals surface area (Å²) < 4.78 is 43.8. The Morgan fingerprint density at radius 1 is 1.26 bits per heavy atom. The molecular weight excluding hydrogens is 361 g/mol. The second-order valence-electron chi connectivity index (χ2n) is 5.59. The number of amides is 1. The summed E-state index contributed by atoms with van der Waals surface area (Å²) in [5, 5.41) is 9.06. The Morgan fingerprint density at radius 2 is 2.04 bits per heavy atom. The maximum Gasteiger partial charge on any atom is 0.435 e. The van der Waals surface area contributed by atoms with Crippen LogP contribution in [-0.2, 0) is 17.5 Å². The first-order chi connectivity index (χ1) is 12.9. The average Bonchev–Trinajstić information content (AvgIpc) is 3.10. The Kier molecular flexibility index (Phi) is 5.11. The highest BCUT2D eigenvalue weighted by Gasteiger charge is 2.33. The van der Waals surface area contributed by atoms with Crippen molar-refractivity contribution in [1.29, 1.82) is 0 Å². The fraction of sp³-hybridized carbons (Fsp3) is 0.167. The minimum Gasteiger partial charge on any atom is -0.496 e. The molecule has 0 saturated heterocycles. The van der Waals surface area contributed by atoms with Gasteiger partial charge in [-0.1, -0.05) is 30.3 Å². The minimum absolute atomic E-state index is 0.389. The highest BCUT2D eigenvalue weighted by Crippen LogP contribution is 2.27. The van der Waals surface area contributed by atoms with Gasteiger partial charge in [0.15, 0.2) is 5.69 Å². The van der Waals surface area contributed by atoms with Gasteiger partial charge in [-0.15, -0.1) is 0 Å². The number of carbonyl (C=O) groups excluding carboxylic acids is 1. The van der Waals surface area contributed by atoms with E-state index in [-0.39, 0.29) is 6.54 Å². The monoisotopic (exact) mass is 376 g/mol. The first kappa shape index (κ1) is 18.4. The smallest absolute Gasteiger partial charge is 0.435 e. The molecule has 0 aliphatic heterocycles. The third-order valence-electron chi connectivity index (χ3n) is 3.77. The number of hydrogen-bond donors (Lipinski definition) is 1. The van der Waals surface area contributed by atoms with Crippen LogP contribution >= 0.6 is 0 Å². The zero-order valence-electron chi connectivity index (χ0n) is 14.2. The van der Waals surface area contributed by atoms with E-state index >= 15 is 0 Å². The number of halogens is 3. The fourth-order valence-electron chi connectivity index (χ4n) is 2.54. The van der Waals surface area contributed by atoms with Crippen LogP contribution in [0.4, 0.5) is 13.2 Å². The number of carbonyl (C=O) groups is 1. The Labute approximate surface area is 152 Å². The summed E-state index contributed by atoms with van der Waals surface area (Å²) in [5.41, 5.74) is 1.90. The number of hydrogen-bond acceptors (Lipinski definition) is 4. The molecule has 1 amide bonds. The summed E-state index contributed by atoms with van der Waals surface area (Å²) in [6.45, 7) is -0.389. The van der Waals surface area contributed by atoms with Crippen molar-refractivity contribution in [2.75, 3.05) is 7.11 Å². The van der Waals surface area contributed by atoms with E-state index in [2.05, 4.69) is 15.6 Å². The van der Waals surface area contributed by atoms with Gasteiger partial charge < -0.3 is 4.74 Å². The number of alkyl halides is 3. The summed E-state index contributed by atoms with van der Waals surface area (Å²) in [6.07, 6.45) is -2.03. The van der Waals surface area contributed by atoms with Gasteiger partial charge in [0, 0.05) is 11.8 Å². The largest absolute Gasteiger partial charge is 0.496 e. The molecule has 0 aliphatic rings. The summed E-state index contributed by atoms with van der Waals surface area (Å²) in [7, 11) is 1.52. The van der Waals surface area contributed by atoms with Crippen LogP contribution in [0.1, 0.15) is 11.3 Å². The standard InChI is InChI=1S/C18H15F3N4O2/c1-27-15-7-6-12-4-2-3-5-13(12)14(15)10-22-23-17(26)11-25-9-8-16(24-25)18(19,20)21/h2-10H,11H2,1H3,(H,23,26). The van der Waals surface area contributed by atoms with E-state index in [0.29, 0.717) is 11.3 Å². The van der Waals surface area contributed by atoms with Gasteiger partial charge >= 0.3 is 6.18 Å². The van der Waals surface area contributed by atoms with E-state index in [1.54, 1.807) is 6.07 Å². The molecule has 0 aliphatic carbocycles. The molecule has 1 heterocycles. The van der Waals surface area contributed by atoms with Crippen LogP contribution in [0.25, 0.3) is 10.8 Å². The number of rotatable bonds is 5. The number of ether oxygens (including phenoxy) is 1. The number of methoxy groups -OCH3 is 1. The molecule has 1 aromatic heterocycles. The van der Waals surface area contributed by atoms with E-state index in [1.165, 1.54) is 13.3 Å². The molecule has 6 nitrogen and oxygen atoms in total. The van der Waals surface area contributed by atoms with Crippen LogP contribution in [0.3, 0.4) is 0 Å². The van der Waals surface area contributed by atoms with Crippen molar-refractivity contribution in [2.24, 2.45) is 5.10 Å². The molecule has 3 rings (SSSR count). The first-order valence-corrected chi connectivity index (χ1v) is 7.87. The van der Waals surface area contributed by atoms with E-state index in [4.69, 9.17) is 4.74 Å². The Hall–Kier alpha value is -3.36. The quantitative estimate of drug-likeness (QED) is 0.549. The lowest BCUT2D eigenvalue weighted by atomic mass is 10.0. The third-order valence-corrected chi connectivity index (χ3v) is 3.77. The molecule has 27 heavy (non-hydrogen) atoms. The summed E-state index contributed by atoms with van der Waals surface area (Å²) in [4.78, 5) is 11.9. The van der Waals surface area contributed by atoms with Crippen molar-refractivity contribution < 1.29 is 22.7 Å². The van der Waals surface area contributed by atoms with Gasteiger partial charge in [0.05, 0.1) is 13.3 Å². The Balaban J connectivity index is 1.71. The average molecular weight is 376 g/mol. The fourth-order valence-corrected chi connectivity index (χ4v) is 2.54. The lowest BCUT2D eigenvalue weighted by molar-refractivity contribution is -0.141. The maximum atomic E-state index is 12.5. The molecule has 2 aromatic carbocycles. The molecule has 0 radical (unpaired) electrons. The van der Waals surface area contributed by atoms with Crippen molar-refractivity contribution in [1.82, 2.24) is 15.2 Å². The molecule has 0 fully saturated rings. The van der Waals surface area contributed by atoms with Crippen LogP contribution in [0.5, 0.6) is 5.75 Å². The highest BCUT2D eigenvalue weighted by atomic mass is 19.4. The van der Waals surface area contributed by atoms with Crippen molar-refractivity contribution in [3.05, 3.63) is 59.9 Å². The molecular formula is C18H15F3N4O2. The van der Waals surface area contributed by atoms with Gasteiger partial charge in [-0.2, -0.15) is 23.4 Å². The molecule has 140 valence electrons. The molecule has 1 N–H and O–H groups in total. The minimum atomic E-state index is -4.55. The van der Waals surface area contributed by atoms with Crippen LogP contribution < -0.4 is 10.2 Å². The number of benzene rings is 2. The van der Waals surface area contributed by atoms with Crippen molar-refractivity contribution in [3.8, 4) is 5.75 Å². The van der Waals surface area contributed by atoms with Crippen LogP contribution in [0, 0.1) is 0 Å². The van der Waals surface area contributed by atoms with Gasteiger partial charge in [-0.05, 0) is 22.9 Å². The Bertz CT molecular complexity index is 996. The van der Waals surface area contributed by atoms with E-state index in [1.807, 2.05) is 30.3 Å². The van der Waals surface area contributed by atoms with Gasteiger partial charge in [0.2, 0.25) is 0 Å². The van der Waals surface area contributed by atoms with E-state index in [9.17, 15) is 18.0 Å².